The molecule has 1 N–H and O–H groups in total. The molecule has 0 bridgehead atoms. The number of ether oxygens (including phenoxy) is 2. The Morgan fingerprint density at radius 2 is 1.51 bits per heavy atom. The molecular formula is C31H39N3O6S. The van der Waals surface area contributed by atoms with E-state index < -0.39 is 34.1 Å². The first-order valence-corrected chi connectivity index (χ1v) is 14.7. The van der Waals surface area contributed by atoms with E-state index in [0.29, 0.717) is 11.5 Å². The number of carbonyl (C=O) groups is 2. The van der Waals surface area contributed by atoms with Gasteiger partial charge in [0.05, 0.1) is 24.8 Å². The van der Waals surface area contributed by atoms with E-state index in [4.69, 9.17) is 9.47 Å². The summed E-state index contributed by atoms with van der Waals surface area (Å²) in [7, 11) is -1.27. The van der Waals surface area contributed by atoms with E-state index in [1.165, 1.54) is 37.3 Å². The van der Waals surface area contributed by atoms with Crippen LogP contribution in [0.2, 0.25) is 0 Å². The average Bonchev–Trinajstić information content (AvgIpc) is 2.94. The molecule has 1 unspecified atom stereocenters. The molecule has 1 atom stereocenters. The Hall–Kier alpha value is -4.05. The molecule has 2 amide bonds. The zero-order chi connectivity index (χ0) is 30.4. The smallest absolute Gasteiger partial charge is 0.264 e. The van der Waals surface area contributed by atoms with Crippen molar-refractivity contribution in [3.8, 4) is 11.5 Å². The van der Waals surface area contributed by atoms with Crippen LogP contribution in [0.4, 0.5) is 5.69 Å². The number of carbonyl (C=O) groups excluding carboxylic acids is 2. The van der Waals surface area contributed by atoms with Crippen LogP contribution in [0.5, 0.6) is 11.5 Å². The highest BCUT2D eigenvalue weighted by Gasteiger charge is 2.33. The van der Waals surface area contributed by atoms with Crippen LogP contribution < -0.4 is 19.1 Å². The third-order valence-corrected chi connectivity index (χ3v) is 8.32. The van der Waals surface area contributed by atoms with Crippen LogP contribution >= 0.6 is 0 Å². The minimum atomic E-state index is -4.19. The van der Waals surface area contributed by atoms with Crippen LogP contribution in [0.25, 0.3) is 0 Å². The molecule has 0 heterocycles. The Morgan fingerprint density at radius 1 is 0.902 bits per heavy atom. The fourth-order valence-corrected chi connectivity index (χ4v) is 5.68. The molecule has 0 aliphatic carbocycles. The van der Waals surface area contributed by atoms with Gasteiger partial charge >= 0.3 is 0 Å². The largest absolute Gasteiger partial charge is 0.493 e. The van der Waals surface area contributed by atoms with E-state index >= 15 is 0 Å². The predicted octanol–water partition coefficient (Wildman–Crippen LogP) is 4.54. The summed E-state index contributed by atoms with van der Waals surface area (Å²) in [6.45, 7) is 8.71. The summed E-state index contributed by atoms with van der Waals surface area (Å²) in [5, 5.41) is 2.93. The number of hydrogen-bond donors (Lipinski definition) is 1. The highest BCUT2D eigenvalue weighted by atomic mass is 32.2. The summed E-state index contributed by atoms with van der Waals surface area (Å²) < 4.78 is 39.7. The molecule has 9 nitrogen and oxygen atoms in total. The number of nitrogens with zero attached hydrogens (tertiary/aromatic N) is 2. The van der Waals surface area contributed by atoms with E-state index in [-0.39, 0.29) is 23.0 Å². The normalized spacial score (nSPS) is 12.3. The van der Waals surface area contributed by atoms with Crippen molar-refractivity contribution in [3.63, 3.8) is 0 Å². The van der Waals surface area contributed by atoms with E-state index in [2.05, 4.69) is 5.32 Å². The summed E-state index contributed by atoms with van der Waals surface area (Å²) in [6, 6.07) is 19.2. The van der Waals surface area contributed by atoms with Gasteiger partial charge in [-0.15, -0.1) is 0 Å². The van der Waals surface area contributed by atoms with Crippen LogP contribution in [0.15, 0.2) is 77.7 Å². The first kappa shape index (κ1) is 31.5. The van der Waals surface area contributed by atoms with Crippen LogP contribution in [0.3, 0.4) is 0 Å². The molecule has 0 aliphatic rings. The summed E-state index contributed by atoms with van der Waals surface area (Å²) in [6.07, 6.45) is 0. The minimum Gasteiger partial charge on any atom is -0.493 e. The van der Waals surface area contributed by atoms with Gasteiger partial charge in [-0.05, 0) is 70.0 Å². The van der Waals surface area contributed by atoms with Gasteiger partial charge in [0, 0.05) is 18.2 Å². The summed E-state index contributed by atoms with van der Waals surface area (Å²) in [5.74, 6) is -0.171. The minimum absolute atomic E-state index is 0.0200. The summed E-state index contributed by atoms with van der Waals surface area (Å²) in [4.78, 5) is 28.8. The standard InChI is InChI=1S/C31H39N3O6S/c1-22-13-11-12-14-24(22)20-33(23(2)30(36)32-31(3,4)5)29(35)21-34(41(37,38)26-15-9-8-10-16-26)25-17-18-27(39-6)28(19-25)40-7/h8-19,23H,20-21H2,1-7H3,(H,32,36). The molecule has 0 aromatic heterocycles. The molecule has 3 rings (SSSR count). The molecule has 3 aromatic carbocycles. The molecule has 0 saturated carbocycles. The van der Waals surface area contributed by atoms with Crippen molar-refractivity contribution in [3.05, 3.63) is 83.9 Å². The summed E-state index contributed by atoms with van der Waals surface area (Å²) in [5.41, 5.74) is 1.48. The number of methoxy groups -OCH3 is 2. The predicted molar refractivity (Wildman–Crippen MR) is 160 cm³/mol. The second kappa shape index (κ2) is 13.1. The monoisotopic (exact) mass is 581 g/mol. The molecule has 0 aliphatic heterocycles. The lowest BCUT2D eigenvalue weighted by atomic mass is 10.1. The fourth-order valence-electron chi connectivity index (χ4n) is 4.26. The van der Waals surface area contributed by atoms with Crippen molar-refractivity contribution in [1.29, 1.82) is 0 Å². The highest BCUT2D eigenvalue weighted by Crippen LogP contribution is 2.34. The van der Waals surface area contributed by atoms with Crippen molar-refractivity contribution in [2.45, 2.75) is 57.6 Å². The fraction of sp³-hybridized carbons (Fsp3) is 0.355. The van der Waals surface area contributed by atoms with Crippen LogP contribution in [0.1, 0.15) is 38.8 Å². The first-order chi connectivity index (χ1) is 19.3. The van der Waals surface area contributed by atoms with Crippen LogP contribution in [0, 0.1) is 6.92 Å². The average molecular weight is 582 g/mol. The molecule has 41 heavy (non-hydrogen) atoms. The quantitative estimate of drug-likeness (QED) is 0.357. The van der Waals surface area contributed by atoms with Gasteiger partial charge in [0.15, 0.2) is 11.5 Å². The molecule has 220 valence electrons. The van der Waals surface area contributed by atoms with Gasteiger partial charge in [0.1, 0.15) is 12.6 Å². The number of sulfonamides is 1. The van der Waals surface area contributed by atoms with Crippen molar-refractivity contribution in [2.24, 2.45) is 0 Å². The third-order valence-electron chi connectivity index (χ3n) is 6.53. The van der Waals surface area contributed by atoms with E-state index in [1.54, 1.807) is 37.3 Å². The number of nitrogens with one attached hydrogen (secondary N) is 1. The van der Waals surface area contributed by atoms with Gasteiger partial charge in [0.2, 0.25) is 11.8 Å². The van der Waals surface area contributed by atoms with Gasteiger partial charge in [-0.3, -0.25) is 13.9 Å². The summed E-state index contributed by atoms with van der Waals surface area (Å²) >= 11 is 0. The third kappa shape index (κ3) is 7.79. The Kier molecular flexibility index (Phi) is 10.0. The maximum atomic E-state index is 14.1. The van der Waals surface area contributed by atoms with Crippen molar-refractivity contribution in [1.82, 2.24) is 10.2 Å². The van der Waals surface area contributed by atoms with Gasteiger partial charge in [0.25, 0.3) is 10.0 Å². The molecule has 0 saturated heterocycles. The molecule has 0 fully saturated rings. The van der Waals surface area contributed by atoms with E-state index in [0.717, 1.165) is 15.4 Å². The van der Waals surface area contributed by atoms with Gasteiger partial charge in [-0.2, -0.15) is 0 Å². The Labute approximate surface area is 243 Å². The lowest BCUT2D eigenvalue weighted by Crippen LogP contribution is -2.54. The highest BCUT2D eigenvalue weighted by molar-refractivity contribution is 7.92. The lowest BCUT2D eigenvalue weighted by Gasteiger charge is -2.34. The zero-order valence-corrected chi connectivity index (χ0v) is 25.5. The van der Waals surface area contributed by atoms with Crippen LogP contribution in [-0.4, -0.2) is 57.5 Å². The Morgan fingerprint density at radius 3 is 2.10 bits per heavy atom. The first-order valence-electron chi connectivity index (χ1n) is 13.2. The number of aryl methyl sites for hydroxylation is 1. The van der Waals surface area contributed by atoms with Gasteiger partial charge in [-0.25, -0.2) is 8.42 Å². The molecule has 10 heteroatoms. The maximum absolute atomic E-state index is 14.1. The van der Waals surface area contributed by atoms with Crippen molar-refractivity contribution in [2.75, 3.05) is 25.1 Å². The second-order valence-electron chi connectivity index (χ2n) is 10.7. The van der Waals surface area contributed by atoms with Crippen molar-refractivity contribution >= 4 is 27.5 Å². The Balaban J connectivity index is 2.09. The van der Waals surface area contributed by atoms with Crippen LogP contribution in [-0.2, 0) is 26.2 Å². The van der Waals surface area contributed by atoms with E-state index in [1.807, 2.05) is 52.0 Å². The topological polar surface area (TPSA) is 105 Å². The number of rotatable bonds is 11. The number of benzene rings is 3. The lowest BCUT2D eigenvalue weighted by molar-refractivity contribution is -0.140. The maximum Gasteiger partial charge on any atom is 0.264 e. The van der Waals surface area contributed by atoms with Crippen molar-refractivity contribution < 1.29 is 27.5 Å². The van der Waals surface area contributed by atoms with E-state index in [9.17, 15) is 18.0 Å². The number of hydrogen-bond acceptors (Lipinski definition) is 6. The molecule has 3 aromatic rings. The van der Waals surface area contributed by atoms with Gasteiger partial charge in [-0.1, -0.05) is 42.5 Å². The number of amides is 2. The van der Waals surface area contributed by atoms with Gasteiger partial charge < -0.3 is 19.7 Å². The molecule has 0 spiro atoms. The SMILES string of the molecule is COc1ccc(N(CC(=O)N(Cc2ccccc2C)C(C)C(=O)NC(C)(C)C)S(=O)(=O)c2ccccc2)cc1OC. The molecular weight excluding hydrogens is 542 g/mol. The number of anilines is 1. The zero-order valence-electron chi connectivity index (χ0n) is 24.7. The molecule has 0 radical (unpaired) electrons. The second-order valence-corrected chi connectivity index (χ2v) is 12.6. The Bertz CT molecular complexity index is 1470.